The Morgan fingerprint density at radius 3 is 1.53 bits per heavy atom. The van der Waals surface area contributed by atoms with Crippen molar-refractivity contribution < 1.29 is 0 Å². The van der Waals surface area contributed by atoms with E-state index in [2.05, 4.69) is 168 Å². The molecule has 11 rings (SSSR count). The molecular formula is C47H28N2S2. The maximum atomic E-state index is 4.35. The van der Waals surface area contributed by atoms with Crippen LogP contribution in [0.15, 0.2) is 170 Å². The zero-order chi connectivity index (χ0) is 33.5. The molecule has 0 aliphatic heterocycles. The van der Waals surface area contributed by atoms with Gasteiger partial charge in [0.05, 0.1) is 0 Å². The summed E-state index contributed by atoms with van der Waals surface area (Å²) in [5.41, 5.74) is 5.79. The molecule has 238 valence electrons. The molecule has 2 nitrogen and oxygen atoms in total. The van der Waals surface area contributed by atoms with Crippen molar-refractivity contribution in [3.8, 4) is 11.1 Å². The molecule has 51 heavy (non-hydrogen) atoms. The van der Waals surface area contributed by atoms with Crippen LogP contribution in [0.3, 0.4) is 0 Å². The van der Waals surface area contributed by atoms with Gasteiger partial charge in [0.15, 0.2) is 0 Å². The Labute approximate surface area is 302 Å². The Morgan fingerprint density at radius 2 is 0.902 bits per heavy atom. The second kappa shape index (κ2) is 11.2. The van der Waals surface area contributed by atoms with Gasteiger partial charge in [-0.1, -0.05) is 109 Å². The van der Waals surface area contributed by atoms with Gasteiger partial charge in [-0.25, -0.2) is 0 Å². The third-order valence-electron chi connectivity index (χ3n) is 10.3. The number of thiophene rings is 2. The first kappa shape index (κ1) is 28.7. The molecule has 0 bridgehead atoms. The van der Waals surface area contributed by atoms with E-state index >= 15 is 0 Å². The molecule has 0 radical (unpaired) electrons. The average molecular weight is 685 g/mol. The Morgan fingerprint density at radius 1 is 0.373 bits per heavy atom. The number of pyridine rings is 1. The van der Waals surface area contributed by atoms with Crippen molar-refractivity contribution >= 4 is 112 Å². The van der Waals surface area contributed by atoms with Crippen LogP contribution in [0.1, 0.15) is 0 Å². The van der Waals surface area contributed by atoms with Gasteiger partial charge in [0.1, 0.15) is 0 Å². The predicted octanol–water partition coefficient (Wildman–Crippen LogP) is 14.4. The van der Waals surface area contributed by atoms with Crippen LogP contribution in [-0.4, -0.2) is 4.98 Å². The highest BCUT2D eigenvalue weighted by atomic mass is 32.1. The van der Waals surface area contributed by atoms with Crippen molar-refractivity contribution in [2.75, 3.05) is 4.90 Å². The first-order chi connectivity index (χ1) is 25.2. The van der Waals surface area contributed by atoms with Gasteiger partial charge in [0, 0.05) is 75.2 Å². The van der Waals surface area contributed by atoms with Crippen LogP contribution in [0.25, 0.3) is 83.8 Å². The fourth-order valence-corrected chi connectivity index (χ4v) is 10.3. The topological polar surface area (TPSA) is 16.1 Å². The maximum absolute atomic E-state index is 4.35. The minimum absolute atomic E-state index is 1.12. The molecule has 0 aliphatic rings. The normalized spacial score (nSPS) is 11.9. The molecule has 0 atom stereocenters. The molecule has 0 saturated heterocycles. The van der Waals surface area contributed by atoms with E-state index in [1.807, 2.05) is 35.1 Å². The number of nitrogens with zero attached hydrogens (tertiary/aromatic N) is 2. The molecular weight excluding hydrogens is 657 g/mol. The Bertz CT molecular complexity index is 3000. The summed E-state index contributed by atoms with van der Waals surface area (Å²) in [5, 5.41) is 12.8. The SMILES string of the molecule is c1ccc2c(c1)ccc1c3ccc(N(c4ccc(-c5ccc6ccncc6c5)cc4)c4ccc5c(c4)sc4c6ccccc6ccc54)cc3sc21. The molecule has 0 spiro atoms. The third kappa shape index (κ3) is 4.58. The fourth-order valence-electron chi connectivity index (χ4n) is 7.78. The van der Waals surface area contributed by atoms with Crippen molar-refractivity contribution in [3.63, 3.8) is 0 Å². The van der Waals surface area contributed by atoms with E-state index < -0.39 is 0 Å². The van der Waals surface area contributed by atoms with E-state index in [0.717, 1.165) is 22.4 Å². The summed E-state index contributed by atoms with van der Waals surface area (Å²) in [6.07, 6.45) is 3.79. The van der Waals surface area contributed by atoms with Gasteiger partial charge >= 0.3 is 0 Å². The van der Waals surface area contributed by atoms with E-state index in [-0.39, 0.29) is 0 Å². The van der Waals surface area contributed by atoms with E-state index in [9.17, 15) is 0 Å². The summed E-state index contributed by atoms with van der Waals surface area (Å²) in [4.78, 5) is 6.76. The lowest BCUT2D eigenvalue weighted by Gasteiger charge is -2.26. The highest BCUT2D eigenvalue weighted by molar-refractivity contribution is 7.27. The van der Waals surface area contributed by atoms with E-state index in [1.54, 1.807) is 0 Å². The number of hydrogen-bond donors (Lipinski definition) is 0. The monoisotopic (exact) mass is 684 g/mol. The number of fused-ring (bicyclic) bond motifs is 11. The van der Waals surface area contributed by atoms with Crippen molar-refractivity contribution in [1.29, 1.82) is 0 Å². The second-order valence-electron chi connectivity index (χ2n) is 13.2. The Hall–Kier alpha value is -6.07. The zero-order valence-electron chi connectivity index (χ0n) is 27.4. The Balaban J connectivity index is 1.09. The van der Waals surface area contributed by atoms with E-state index in [4.69, 9.17) is 0 Å². The van der Waals surface area contributed by atoms with Gasteiger partial charge < -0.3 is 4.90 Å². The quantitative estimate of drug-likeness (QED) is 0.183. The molecule has 0 aliphatic carbocycles. The van der Waals surface area contributed by atoms with Crippen LogP contribution in [0, 0.1) is 0 Å². The smallest absolute Gasteiger partial charge is 0.0476 e. The van der Waals surface area contributed by atoms with Gasteiger partial charge in [-0.05, 0) is 86.6 Å². The average Bonchev–Trinajstić information content (AvgIpc) is 3.76. The highest BCUT2D eigenvalue weighted by Crippen LogP contribution is 2.45. The van der Waals surface area contributed by atoms with Crippen LogP contribution in [-0.2, 0) is 0 Å². The minimum Gasteiger partial charge on any atom is -0.310 e. The molecule has 0 unspecified atom stereocenters. The number of aromatic nitrogens is 1. The molecule has 0 amide bonds. The molecule has 4 heteroatoms. The minimum atomic E-state index is 1.12. The summed E-state index contributed by atoms with van der Waals surface area (Å²) >= 11 is 3.78. The van der Waals surface area contributed by atoms with Crippen molar-refractivity contribution in [2.24, 2.45) is 0 Å². The summed E-state index contributed by atoms with van der Waals surface area (Å²) < 4.78 is 5.28. The summed E-state index contributed by atoms with van der Waals surface area (Å²) in [7, 11) is 0. The molecule has 0 fully saturated rings. The molecule has 0 N–H and O–H groups in total. The van der Waals surface area contributed by atoms with Crippen LogP contribution < -0.4 is 4.90 Å². The molecule has 8 aromatic carbocycles. The summed E-state index contributed by atoms with van der Waals surface area (Å²) in [5.74, 6) is 0. The van der Waals surface area contributed by atoms with Gasteiger partial charge in [0.25, 0.3) is 0 Å². The summed E-state index contributed by atoms with van der Waals surface area (Å²) in [6, 6.07) is 58.1. The molecule has 3 aromatic heterocycles. The number of benzene rings is 8. The number of hydrogen-bond acceptors (Lipinski definition) is 4. The Kier molecular flexibility index (Phi) is 6.32. The maximum Gasteiger partial charge on any atom is 0.0476 e. The predicted molar refractivity (Wildman–Crippen MR) is 223 cm³/mol. The van der Waals surface area contributed by atoms with Crippen molar-refractivity contribution in [2.45, 2.75) is 0 Å². The molecule has 0 saturated carbocycles. The van der Waals surface area contributed by atoms with Gasteiger partial charge in [-0.3, -0.25) is 4.98 Å². The summed E-state index contributed by atoms with van der Waals surface area (Å²) in [6.45, 7) is 0. The highest BCUT2D eigenvalue weighted by Gasteiger charge is 2.18. The van der Waals surface area contributed by atoms with Crippen LogP contribution in [0.5, 0.6) is 0 Å². The van der Waals surface area contributed by atoms with Crippen LogP contribution in [0.4, 0.5) is 17.1 Å². The van der Waals surface area contributed by atoms with Crippen molar-refractivity contribution in [1.82, 2.24) is 4.98 Å². The zero-order valence-corrected chi connectivity index (χ0v) is 29.0. The lowest BCUT2D eigenvalue weighted by molar-refractivity contribution is 1.30. The van der Waals surface area contributed by atoms with E-state index in [0.29, 0.717) is 0 Å². The van der Waals surface area contributed by atoms with E-state index in [1.165, 1.54) is 78.4 Å². The van der Waals surface area contributed by atoms with Crippen LogP contribution in [0.2, 0.25) is 0 Å². The first-order valence-corrected chi connectivity index (χ1v) is 18.8. The number of rotatable bonds is 4. The lowest BCUT2D eigenvalue weighted by atomic mass is 10.0. The molecule has 3 heterocycles. The lowest BCUT2D eigenvalue weighted by Crippen LogP contribution is -2.09. The number of anilines is 3. The third-order valence-corrected chi connectivity index (χ3v) is 12.7. The fraction of sp³-hybridized carbons (Fsp3) is 0. The van der Waals surface area contributed by atoms with Gasteiger partial charge in [-0.2, -0.15) is 0 Å². The van der Waals surface area contributed by atoms with Gasteiger partial charge in [-0.15, -0.1) is 22.7 Å². The first-order valence-electron chi connectivity index (χ1n) is 17.2. The molecule has 11 aromatic rings. The van der Waals surface area contributed by atoms with Crippen LogP contribution >= 0.6 is 22.7 Å². The largest absolute Gasteiger partial charge is 0.310 e. The second-order valence-corrected chi connectivity index (χ2v) is 15.3. The van der Waals surface area contributed by atoms with Crippen molar-refractivity contribution in [3.05, 3.63) is 170 Å². The van der Waals surface area contributed by atoms with Gasteiger partial charge in [0.2, 0.25) is 0 Å². The standard InChI is InChI=1S/C47H28N2S2/c1-3-7-38-31(5-1)13-19-42-40-21-17-36(26-44(40)50-46(38)42)49(35-15-11-29(12-16-35)33-10-9-30-23-24-48-28-34(30)25-33)37-18-22-41-43-20-14-32-6-2-4-8-39(32)47(43)51-45(41)27-37/h1-28H.